The number of nitrogens with zero attached hydrogens (tertiary/aromatic N) is 2. The number of halogens is 2. The Morgan fingerprint density at radius 3 is 2.96 bits per heavy atom. The fourth-order valence-corrected chi connectivity index (χ4v) is 4.11. The number of hydrogen-bond donors (Lipinski definition) is 1. The molecule has 4 nitrogen and oxygen atoms in total. The standard InChI is InChI=1S/C19H27F2N3O/c1-18(2)7-4-6-15(21)16(18)23-17(22-3)25-13-19-8-5-9-24(19)12-14(10-19)11-20/h4,6,11H,5,7-10,12-13H2,1-3H3,(H,22,23)/b14-11+. The molecule has 6 heteroatoms. The number of amidine groups is 1. The summed E-state index contributed by atoms with van der Waals surface area (Å²) in [5.74, 6) is -0.287. The predicted octanol–water partition coefficient (Wildman–Crippen LogP) is 3.84. The quantitative estimate of drug-likeness (QED) is 0.620. The van der Waals surface area contributed by atoms with Gasteiger partial charge in [-0.15, -0.1) is 0 Å². The molecule has 3 aliphatic rings. The van der Waals surface area contributed by atoms with E-state index in [0.29, 0.717) is 31.3 Å². The number of allylic oxidation sites excluding steroid dienone is 4. The average Bonchev–Trinajstić information content (AvgIpc) is 3.10. The van der Waals surface area contributed by atoms with Crippen molar-refractivity contribution in [2.45, 2.75) is 45.1 Å². The summed E-state index contributed by atoms with van der Waals surface area (Å²) < 4.78 is 33.2. The van der Waals surface area contributed by atoms with Crippen LogP contribution in [0.25, 0.3) is 0 Å². The van der Waals surface area contributed by atoms with E-state index in [1.165, 1.54) is 6.08 Å². The minimum atomic E-state index is -0.340. The van der Waals surface area contributed by atoms with Crippen LogP contribution in [0.3, 0.4) is 0 Å². The zero-order chi connectivity index (χ0) is 18.1. The van der Waals surface area contributed by atoms with Gasteiger partial charge >= 0.3 is 0 Å². The molecule has 0 saturated carbocycles. The zero-order valence-corrected chi connectivity index (χ0v) is 15.2. The summed E-state index contributed by atoms with van der Waals surface area (Å²) in [6.07, 6.45) is 7.55. The highest BCUT2D eigenvalue weighted by Crippen LogP contribution is 2.41. The molecular formula is C19H27F2N3O. The van der Waals surface area contributed by atoms with E-state index in [1.54, 1.807) is 7.05 Å². The van der Waals surface area contributed by atoms with Gasteiger partial charge < -0.3 is 10.1 Å². The fraction of sp³-hybridized carbons (Fsp3) is 0.632. The summed E-state index contributed by atoms with van der Waals surface area (Å²) in [7, 11) is 1.62. The third-order valence-electron chi connectivity index (χ3n) is 5.57. The maximum absolute atomic E-state index is 14.3. The van der Waals surface area contributed by atoms with Crippen LogP contribution in [0.2, 0.25) is 0 Å². The van der Waals surface area contributed by atoms with Crippen molar-refractivity contribution in [3.63, 3.8) is 0 Å². The number of nitrogens with one attached hydrogen (secondary N) is 1. The van der Waals surface area contributed by atoms with E-state index < -0.39 is 0 Å². The molecule has 25 heavy (non-hydrogen) atoms. The zero-order valence-electron chi connectivity index (χ0n) is 15.2. The number of hydrogen-bond acceptors (Lipinski definition) is 3. The number of rotatable bonds is 3. The van der Waals surface area contributed by atoms with Crippen molar-refractivity contribution in [3.05, 3.63) is 35.6 Å². The molecule has 0 spiro atoms. The smallest absolute Gasteiger partial charge is 0.288 e. The number of ether oxygens (including phenoxy) is 1. The van der Waals surface area contributed by atoms with Crippen LogP contribution in [0, 0.1) is 5.41 Å². The molecule has 1 N–H and O–H groups in total. The Kier molecular flexibility index (Phi) is 5.00. The Morgan fingerprint density at radius 1 is 1.48 bits per heavy atom. The van der Waals surface area contributed by atoms with E-state index in [0.717, 1.165) is 37.7 Å². The first kappa shape index (κ1) is 18.1. The van der Waals surface area contributed by atoms with Crippen molar-refractivity contribution in [3.8, 4) is 0 Å². The SMILES string of the molecule is CN=C(NC1=C(F)C=CCC1(C)C)OCC12CCCN1C/C(=C/F)C2. The van der Waals surface area contributed by atoms with Gasteiger partial charge in [-0.1, -0.05) is 19.9 Å². The second-order valence-electron chi connectivity index (χ2n) is 7.85. The van der Waals surface area contributed by atoms with Gasteiger partial charge in [0.05, 0.1) is 17.6 Å². The van der Waals surface area contributed by atoms with Crippen molar-refractivity contribution < 1.29 is 13.5 Å². The minimum Gasteiger partial charge on any atom is -0.463 e. The van der Waals surface area contributed by atoms with Crippen molar-refractivity contribution in [1.29, 1.82) is 0 Å². The molecular weight excluding hydrogens is 324 g/mol. The van der Waals surface area contributed by atoms with Gasteiger partial charge in [-0.25, -0.2) is 13.8 Å². The topological polar surface area (TPSA) is 36.9 Å². The second kappa shape index (κ2) is 6.90. The van der Waals surface area contributed by atoms with E-state index >= 15 is 0 Å². The van der Waals surface area contributed by atoms with Crippen LogP contribution in [-0.2, 0) is 4.74 Å². The summed E-state index contributed by atoms with van der Waals surface area (Å²) >= 11 is 0. The molecule has 0 radical (unpaired) electrons. The van der Waals surface area contributed by atoms with Gasteiger partial charge in [0, 0.05) is 19.0 Å². The molecule has 2 fully saturated rings. The molecule has 1 unspecified atom stereocenters. The Hall–Kier alpha value is -1.69. The van der Waals surface area contributed by atoms with Crippen LogP contribution in [0.5, 0.6) is 0 Å². The van der Waals surface area contributed by atoms with Gasteiger partial charge in [0.25, 0.3) is 6.02 Å². The second-order valence-corrected chi connectivity index (χ2v) is 7.85. The molecule has 0 amide bonds. The highest BCUT2D eigenvalue weighted by atomic mass is 19.1. The first-order valence-corrected chi connectivity index (χ1v) is 8.87. The Bertz CT molecular complexity index is 651. The van der Waals surface area contributed by atoms with Gasteiger partial charge in [-0.05, 0) is 43.9 Å². The molecule has 1 aliphatic carbocycles. The average molecular weight is 351 g/mol. The molecule has 138 valence electrons. The lowest BCUT2D eigenvalue weighted by Crippen LogP contribution is -2.45. The van der Waals surface area contributed by atoms with Crippen molar-refractivity contribution >= 4 is 6.02 Å². The largest absolute Gasteiger partial charge is 0.463 e. The van der Waals surface area contributed by atoms with Crippen molar-refractivity contribution in [2.24, 2.45) is 10.4 Å². The maximum Gasteiger partial charge on any atom is 0.288 e. The highest BCUT2D eigenvalue weighted by molar-refractivity contribution is 5.76. The minimum absolute atomic E-state index is 0.162. The van der Waals surface area contributed by atoms with Crippen molar-refractivity contribution in [1.82, 2.24) is 10.2 Å². The lowest BCUT2D eigenvalue weighted by molar-refractivity contribution is 0.103. The first-order valence-electron chi connectivity index (χ1n) is 8.87. The van der Waals surface area contributed by atoms with Crippen LogP contribution in [-0.4, -0.2) is 43.2 Å². The van der Waals surface area contributed by atoms with E-state index in [-0.39, 0.29) is 16.8 Å². The van der Waals surface area contributed by atoms with Gasteiger partial charge in [-0.2, -0.15) is 0 Å². The van der Waals surface area contributed by atoms with Gasteiger partial charge in [0.15, 0.2) is 0 Å². The maximum atomic E-state index is 14.3. The van der Waals surface area contributed by atoms with E-state index in [1.807, 2.05) is 19.9 Å². The lowest BCUT2D eigenvalue weighted by Gasteiger charge is -2.33. The van der Waals surface area contributed by atoms with E-state index in [2.05, 4.69) is 15.2 Å². The fourth-order valence-electron chi connectivity index (χ4n) is 4.11. The van der Waals surface area contributed by atoms with Crippen LogP contribution < -0.4 is 5.32 Å². The number of fused-ring (bicyclic) bond motifs is 1. The molecule has 0 aromatic rings. The number of aliphatic imine (C=N–C) groups is 1. The molecule has 0 aromatic heterocycles. The molecule has 0 bridgehead atoms. The van der Waals surface area contributed by atoms with Crippen LogP contribution in [0.15, 0.2) is 40.6 Å². The summed E-state index contributed by atoms with van der Waals surface area (Å²) in [5.41, 5.74) is 0.809. The van der Waals surface area contributed by atoms with E-state index in [4.69, 9.17) is 4.74 Å². The van der Waals surface area contributed by atoms with E-state index in [9.17, 15) is 8.78 Å². The summed E-state index contributed by atoms with van der Waals surface area (Å²) in [5, 5.41) is 3.05. The third-order valence-corrected chi connectivity index (χ3v) is 5.57. The van der Waals surface area contributed by atoms with Gasteiger partial charge in [-0.3, -0.25) is 4.90 Å². The molecule has 1 atom stereocenters. The van der Waals surface area contributed by atoms with Gasteiger partial charge in [0.1, 0.15) is 12.4 Å². The summed E-state index contributed by atoms with van der Waals surface area (Å²) in [4.78, 5) is 6.43. The van der Waals surface area contributed by atoms with Crippen molar-refractivity contribution in [2.75, 3.05) is 26.7 Å². The summed E-state index contributed by atoms with van der Waals surface area (Å²) in [6.45, 7) is 6.03. The third kappa shape index (κ3) is 3.50. The molecule has 2 heterocycles. The van der Waals surface area contributed by atoms with Crippen LogP contribution in [0.4, 0.5) is 8.78 Å². The normalized spacial score (nSPS) is 30.9. The Labute approximate surface area is 148 Å². The molecule has 3 rings (SSSR count). The van der Waals surface area contributed by atoms with Crippen LogP contribution in [0.1, 0.15) is 39.5 Å². The van der Waals surface area contributed by atoms with Crippen LogP contribution >= 0.6 is 0 Å². The monoisotopic (exact) mass is 351 g/mol. The molecule has 2 aliphatic heterocycles. The highest BCUT2D eigenvalue weighted by Gasteiger charge is 2.47. The Balaban J connectivity index is 1.69. The lowest BCUT2D eigenvalue weighted by atomic mass is 9.82. The van der Waals surface area contributed by atoms with Gasteiger partial charge in [0.2, 0.25) is 0 Å². The predicted molar refractivity (Wildman–Crippen MR) is 95.5 cm³/mol. The summed E-state index contributed by atoms with van der Waals surface area (Å²) in [6, 6.07) is 0.312. The molecule has 0 aromatic carbocycles. The molecule has 2 saturated heterocycles. The Morgan fingerprint density at radius 2 is 2.28 bits per heavy atom. The first-order chi connectivity index (χ1) is 11.9.